The molecule has 0 spiro atoms. The fraction of sp³-hybridized carbons (Fsp3) is 0. The summed E-state index contributed by atoms with van der Waals surface area (Å²) in [5.74, 6) is -0.719. The molecule has 0 aliphatic rings. The minimum absolute atomic E-state index is 0.0126. The quantitative estimate of drug-likeness (QED) is 0.715. The molecule has 0 saturated carbocycles. The number of anilines is 2. The highest BCUT2D eigenvalue weighted by molar-refractivity contribution is 6.37. The largest absolute Gasteiger partial charge is 0.505 e. The lowest BCUT2D eigenvalue weighted by Crippen LogP contribution is -2.19. The second-order valence-corrected chi connectivity index (χ2v) is 4.69. The zero-order chi connectivity index (χ0) is 14.7. The molecule has 2 aromatic carbocycles. The van der Waals surface area contributed by atoms with Gasteiger partial charge in [0, 0.05) is 11.4 Å². The second kappa shape index (κ2) is 5.98. The number of nitrogens with one attached hydrogen (secondary N) is 2. The smallest absolute Gasteiger partial charge is 0.323 e. The Morgan fingerprint density at radius 2 is 1.65 bits per heavy atom. The Morgan fingerprint density at radius 1 is 1.05 bits per heavy atom. The maximum atomic E-state index is 13.0. The summed E-state index contributed by atoms with van der Waals surface area (Å²) in [6, 6.07) is 7.55. The van der Waals surface area contributed by atoms with E-state index in [1.807, 2.05) is 0 Å². The predicted molar refractivity (Wildman–Crippen MR) is 77.2 cm³/mol. The van der Waals surface area contributed by atoms with Gasteiger partial charge in [-0.1, -0.05) is 29.3 Å². The van der Waals surface area contributed by atoms with Crippen LogP contribution in [-0.4, -0.2) is 11.1 Å². The molecule has 0 aliphatic carbocycles. The topological polar surface area (TPSA) is 61.4 Å². The molecule has 2 rings (SSSR count). The maximum Gasteiger partial charge on any atom is 0.323 e. The van der Waals surface area contributed by atoms with E-state index in [9.17, 15) is 14.3 Å². The van der Waals surface area contributed by atoms with E-state index in [0.717, 1.165) is 0 Å². The molecule has 20 heavy (non-hydrogen) atoms. The molecule has 0 unspecified atom stereocenters. The van der Waals surface area contributed by atoms with Crippen LogP contribution in [0.1, 0.15) is 0 Å². The SMILES string of the molecule is O=C(Nc1cccc(F)c1)Nc1cc(Cl)c(O)c(Cl)c1. The third kappa shape index (κ3) is 3.53. The number of halogens is 3. The number of aromatic hydroxyl groups is 1. The number of carbonyl (C=O) groups is 1. The Hall–Kier alpha value is -1.98. The third-order valence-electron chi connectivity index (χ3n) is 2.36. The fourth-order valence-electron chi connectivity index (χ4n) is 1.50. The van der Waals surface area contributed by atoms with Crippen molar-refractivity contribution in [1.82, 2.24) is 0 Å². The number of urea groups is 1. The van der Waals surface area contributed by atoms with Crippen LogP contribution in [0.15, 0.2) is 36.4 Å². The van der Waals surface area contributed by atoms with Gasteiger partial charge in [-0.2, -0.15) is 0 Å². The minimum Gasteiger partial charge on any atom is -0.505 e. The van der Waals surface area contributed by atoms with Crippen LogP contribution in [0, 0.1) is 5.82 Å². The first kappa shape index (κ1) is 14.4. The van der Waals surface area contributed by atoms with Gasteiger partial charge in [-0.3, -0.25) is 0 Å². The van der Waals surface area contributed by atoms with E-state index in [1.165, 1.54) is 30.3 Å². The van der Waals surface area contributed by atoms with Gasteiger partial charge in [-0.05, 0) is 30.3 Å². The Morgan fingerprint density at radius 3 is 2.25 bits per heavy atom. The number of amides is 2. The highest BCUT2D eigenvalue weighted by Crippen LogP contribution is 2.34. The minimum atomic E-state index is -0.589. The van der Waals surface area contributed by atoms with Crippen molar-refractivity contribution in [3.63, 3.8) is 0 Å². The first-order valence-electron chi connectivity index (χ1n) is 5.47. The average Bonchev–Trinajstić information content (AvgIpc) is 2.35. The standard InChI is InChI=1S/C13H9Cl2FN2O2/c14-10-5-9(6-11(15)12(10)19)18-13(20)17-8-3-1-2-7(16)4-8/h1-6,19H,(H2,17,18,20). The normalized spacial score (nSPS) is 10.2. The Balaban J connectivity index is 2.09. The first-order chi connectivity index (χ1) is 9.45. The molecule has 0 aromatic heterocycles. The van der Waals surface area contributed by atoms with Crippen LogP contribution in [0.4, 0.5) is 20.6 Å². The Labute approximate surface area is 124 Å². The monoisotopic (exact) mass is 314 g/mol. The molecule has 0 atom stereocenters. The van der Waals surface area contributed by atoms with Gasteiger partial charge < -0.3 is 15.7 Å². The number of phenolic OH excluding ortho intramolecular Hbond substituents is 1. The van der Waals surface area contributed by atoms with Crippen molar-refractivity contribution in [2.24, 2.45) is 0 Å². The van der Waals surface area contributed by atoms with E-state index in [0.29, 0.717) is 11.4 Å². The summed E-state index contributed by atoms with van der Waals surface area (Å²) in [5, 5.41) is 14.3. The van der Waals surface area contributed by atoms with Gasteiger partial charge in [-0.15, -0.1) is 0 Å². The number of hydrogen-bond donors (Lipinski definition) is 3. The van der Waals surface area contributed by atoms with Crippen molar-refractivity contribution in [1.29, 1.82) is 0 Å². The molecule has 7 heteroatoms. The van der Waals surface area contributed by atoms with Crippen LogP contribution in [0.5, 0.6) is 5.75 Å². The van der Waals surface area contributed by atoms with E-state index in [2.05, 4.69) is 10.6 Å². The predicted octanol–water partition coefficient (Wildman–Crippen LogP) is 4.48. The number of hydrogen-bond acceptors (Lipinski definition) is 2. The van der Waals surface area contributed by atoms with Crippen LogP contribution in [0.2, 0.25) is 10.0 Å². The number of carbonyl (C=O) groups excluding carboxylic acids is 1. The summed E-state index contributed by atoms with van der Waals surface area (Å²) in [6.45, 7) is 0. The summed E-state index contributed by atoms with van der Waals surface area (Å²) in [6.07, 6.45) is 0. The van der Waals surface area contributed by atoms with Gasteiger partial charge in [0.2, 0.25) is 0 Å². The van der Waals surface area contributed by atoms with Crippen molar-refractivity contribution >= 4 is 40.6 Å². The summed E-state index contributed by atoms with van der Waals surface area (Å²) >= 11 is 11.5. The van der Waals surface area contributed by atoms with Crippen molar-refractivity contribution in [3.8, 4) is 5.75 Å². The van der Waals surface area contributed by atoms with Gasteiger partial charge >= 0.3 is 6.03 Å². The van der Waals surface area contributed by atoms with Crippen molar-refractivity contribution in [2.45, 2.75) is 0 Å². The van der Waals surface area contributed by atoms with Crippen molar-refractivity contribution in [3.05, 3.63) is 52.3 Å². The van der Waals surface area contributed by atoms with Gasteiger partial charge in [0.15, 0.2) is 5.75 Å². The van der Waals surface area contributed by atoms with Gasteiger partial charge in [0.25, 0.3) is 0 Å². The Bertz CT molecular complexity index is 642. The van der Waals surface area contributed by atoms with Gasteiger partial charge in [-0.25, -0.2) is 9.18 Å². The lowest BCUT2D eigenvalue weighted by atomic mass is 10.3. The molecule has 0 bridgehead atoms. The first-order valence-corrected chi connectivity index (χ1v) is 6.23. The number of rotatable bonds is 2. The van der Waals surface area contributed by atoms with E-state index in [4.69, 9.17) is 23.2 Å². The number of phenols is 1. The summed E-state index contributed by atoms with van der Waals surface area (Å²) in [7, 11) is 0. The number of benzene rings is 2. The fourth-order valence-corrected chi connectivity index (χ4v) is 1.98. The maximum absolute atomic E-state index is 13.0. The molecule has 0 fully saturated rings. The molecule has 0 heterocycles. The van der Waals surface area contributed by atoms with Crippen LogP contribution in [0.3, 0.4) is 0 Å². The van der Waals surface area contributed by atoms with Crippen LogP contribution in [-0.2, 0) is 0 Å². The molecule has 0 aliphatic heterocycles. The molecule has 2 aromatic rings. The highest BCUT2D eigenvalue weighted by Gasteiger charge is 2.09. The molecule has 104 valence electrons. The Kier molecular flexibility index (Phi) is 4.32. The van der Waals surface area contributed by atoms with Gasteiger partial charge in [0.05, 0.1) is 10.0 Å². The second-order valence-electron chi connectivity index (χ2n) is 3.88. The van der Waals surface area contributed by atoms with E-state index >= 15 is 0 Å². The summed E-state index contributed by atoms with van der Waals surface area (Å²) < 4.78 is 13.0. The average molecular weight is 315 g/mol. The van der Waals surface area contributed by atoms with E-state index in [1.54, 1.807) is 6.07 Å². The molecular formula is C13H9Cl2FN2O2. The molecule has 3 N–H and O–H groups in total. The zero-order valence-electron chi connectivity index (χ0n) is 9.95. The summed E-state index contributed by atoms with van der Waals surface area (Å²) in [5.41, 5.74) is 0.602. The molecular weight excluding hydrogens is 306 g/mol. The summed E-state index contributed by atoms with van der Waals surface area (Å²) in [4.78, 5) is 11.7. The molecule has 4 nitrogen and oxygen atoms in total. The molecule has 2 amide bonds. The van der Waals surface area contributed by atoms with Gasteiger partial charge in [0.1, 0.15) is 5.82 Å². The lowest BCUT2D eigenvalue weighted by Gasteiger charge is -2.09. The van der Waals surface area contributed by atoms with Crippen LogP contribution < -0.4 is 10.6 Å². The van der Waals surface area contributed by atoms with Crippen LogP contribution in [0.25, 0.3) is 0 Å². The molecule has 0 saturated heterocycles. The van der Waals surface area contributed by atoms with E-state index < -0.39 is 11.8 Å². The van der Waals surface area contributed by atoms with Crippen molar-refractivity contribution < 1.29 is 14.3 Å². The van der Waals surface area contributed by atoms with Crippen LogP contribution >= 0.6 is 23.2 Å². The third-order valence-corrected chi connectivity index (χ3v) is 2.93. The highest BCUT2D eigenvalue weighted by atomic mass is 35.5. The lowest BCUT2D eigenvalue weighted by molar-refractivity contribution is 0.262. The zero-order valence-corrected chi connectivity index (χ0v) is 11.5. The molecule has 0 radical (unpaired) electrons. The van der Waals surface area contributed by atoms with Crippen molar-refractivity contribution in [2.75, 3.05) is 10.6 Å². The van der Waals surface area contributed by atoms with E-state index in [-0.39, 0.29) is 15.8 Å².